The molecule has 1 aromatic carbocycles. The van der Waals surface area contributed by atoms with Crippen LogP contribution in [0.5, 0.6) is 0 Å². The zero-order valence-corrected chi connectivity index (χ0v) is 15.4. The highest BCUT2D eigenvalue weighted by atomic mass is 32.2. The van der Waals surface area contributed by atoms with Crippen molar-refractivity contribution >= 4 is 29.4 Å². The third-order valence-corrected chi connectivity index (χ3v) is 5.02. The Morgan fingerprint density at radius 2 is 2.00 bits per heavy atom. The largest absolute Gasteiger partial charge is 0.350 e. The van der Waals surface area contributed by atoms with Gasteiger partial charge in [-0.3, -0.25) is 9.59 Å². The SMILES string of the molecule is CCCC(=O)Nc1c2c(nn1CC(=O)NCc1ccc(F)cc1)CSC2. The fraction of sp³-hybridized carbons (Fsp3) is 0.389. The van der Waals surface area contributed by atoms with Gasteiger partial charge in [-0.15, -0.1) is 0 Å². The van der Waals surface area contributed by atoms with Crippen molar-refractivity contribution in [2.45, 2.75) is 44.4 Å². The van der Waals surface area contributed by atoms with Gasteiger partial charge in [0.25, 0.3) is 0 Å². The molecule has 0 saturated heterocycles. The molecule has 0 bridgehead atoms. The molecule has 6 nitrogen and oxygen atoms in total. The summed E-state index contributed by atoms with van der Waals surface area (Å²) in [6, 6.07) is 5.98. The summed E-state index contributed by atoms with van der Waals surface area (Å²) in [5.41, 5.74) is 2.74. The number of fused-ring (bicyclic) bond motifs is 1. The molecule has 1 aromatic heterocycles. The lowest BCUT2D eigenvalue weighted by Gasteiger charge is -2.11. The van der Waals surface area contributed by atoms with Crippen LogP contribution in [0.15, 0.2) is 24.3 Å². The summed E-state index contributed by atoms with van der Waals surface area (Å²) in [4.78, 5) is 24.3. The van der Waals surface area contributed by atoms with Crippen molar-refractivity contribution in [3.05, 3.63) is 46.9 Å². The Kier molecular flexibility index (Phi) is 5.92. The van der Waals surface area contributed by atoms with Crippen LogP contribution in [0, 0.1) is 5.82 Å². The van der Waals surface area contributed by atoms with Crippen LogP contribution in [0.4, 0.5) is 10.2 Å². The third kappa shape index (κ3) is 4.43. The molecular weight excluding hydrogens is 355 g/mol. The third-order valence-electron chi connectivity index (χ3n) is 4.05. The second-order valence-corrected chi connectivity index (χ2v) is 7.11. The lowest BCUT2D eigenvalue weighted by Crippen LogP contribution is -2.28. The molecule has 2 heterocycles. The molecule has 0 fully saturated rings. The first-order valence-electron chi connectivity index (χ1n) is 8.54. The lowest BCUT2D eigenvalue weighted by atomic mass is 10.2. The molecule has 0 saturated carbocycles. The summed E-state index contributed by atoms with van der Waals surface area (Å²) in [5.74, 6) is 1.61. The lowest BCUT2D eigenvalue weighted by molar-refractivity contribution is -0.122. The van der Waals surface area contributed by atoms with E-state index in [4.69, 9.17) is 0 Å². The summed E-state index contributed by atoms with van der Waals surface area (Å²) in [6.07, 6.45) is 1.19. The number of aromatic nitrogens is 2. The minimum absolute atomic E-state index is 0.0284. The highest BCUT2D eigenvalue weighted by molar-refractivity contribution is 7.98. The Morgan fingerprint density at radius 1 is 1.23 bits per heavy atom. The van der Waals surface area contributed by atoms with E-state index in [2.05, 4.69) is 15.7 Å². The van der Waals surface area contributed by atoms with Crippen molar-refractivity contribution < 1.29 is 14.0 Å². The van der Waals surface area contributed by atoms with Gasteiger partial charge in [-0.2, -0.15) is 16.9 Å². The van der Waals surface area contributed by atoms with E-state index in [1.807, 2.05) is 6.92 Å². The van der Waals surface area contributed by atoms with Gasteiger partial charge >= 0.3 is 0 Å². The maximum Gasteiger partial charge on any atom is 0.242 e. The van der Waals surface area contributed by atoms with E-state index in [9.17, 15) is 14.0 Å². The van der Waals surface area contributed by atoms with E-state index in [0.717, 1.165) is 34.7 Å². The molecule has 2 amide bonds. The second kappa shape index (κ2) is 8.35. The average Bonchev–Trinajstić information content (AvgIpc) is 3.18. The molecule has 1 aliphatic heterocycles. The summed E-state index contributed by atoms with van der Waals surface area (Å²) < 4.78 is 14.5. The summed E-state index contributed by atoms with van der Waals surface area (Å²) >= 11 is 1.74. The molecule has 0 unspecified atom stereocenters. The van der Waals surface area contributed by atoms with Crippen LogP contribution >= 0.6 is 11.8 Å². The first-order valence-corrected chi connectivity index (χ1v) is 9.69. The van der Waals surface area contributed by atoms with E-state index in [1.165, 1.54) is 12.1 Å². The number of nitrogens with zero attached hydrogens (tertiary/aromatic N) is 2. The highest BCUT2D eigenvalue weighted by Gasteiger charge is 2.24. The van der Waals surface area contributed by atoms with E-state index >= 15 is 0 Å². The topological polar surface area (TPSA) is 76.0 Å². The van der Waals surface area contributed by atoms with Crippen LogP contribution in [-0.2, 0) is 34.2 Å². The van der Waals surface area contributed by atoms with Crippen molar-refractivity contribution in [3.8, 4) is 0 Å². The van der Waals surface area contributed by atoms with Gasteiger partial charge in [0, 0.05) is 30.0 Å². The number of rotatable bonds is 7. The molecule has 138 valence electrons. The number of nitrogens with one attached hydrogen (secondary N) is 2. The van der Waals surface area contributed by atoms with Crippen LogP contribution in [0.25, 0.3) is 0 Å². The van der Waals surface area contributed by atoms with Gasteiger partial charge in [-0.1, -0.05) is 19.1 Å². The highest BCUT2D eigenvalue weighted by Crippen LogP contribution is 2.34. The smallest absolute Gasteiger partial charge is 0.242 e. The maximum absolute atomic E-state index is 12.9. The van der Waals surface area contributed by atoms with Crippen molar-refractivity contribution in [2.75, 3.05) is 5.32 Å². The molecule has 3 rings (SSSR count). The van der Waals surface area contributed by atoms with E-state index in [1.54, 1.807) is 28.6 Å². The number of amides is 2. The Hall–Kier alpha value is -2.35. The van der Waals surface area contributed by atoms with Crippen LogP contribution in [0.3, 0.4) is 0 Å². The van der Waals surface area contributed by atoms with Gasteiger partial charge in [0.2, 0.25) is 11.8 Å². The zero-order chi connectivity index (χ0) is 18.5. The average molecular weight is 376 g/mol. The molecule has 0 atom stereocenters. The molecule has 8 heteroatoms. The van der Waals surface area contributed by atoms with E-state index < -0.39 is 0 Å². The fourth-order valence-corrected chi connectivity index (χ4v) is 3.77. The minimum Gasteiger partial charge on any atom is -0.350 e. The molecule has 0 radical (unpaired) electrons. The first-order chi connectivity index (χ1) is 12.6. The number of halogens is 1. The Labute approximate surface area is 155 Å². The number of anilines is 1. The van der Waals surface area contributed by atoms with Crippen LogP contribution < -0.4 is 10.6 Å². The van der Waals surface area contributed by atoms with Crippen molar-refractivity contribution in [1.82, 2.24) is 15.1 Å². The molecule has 2 aromatic rings. The monoisotopic (exact) mass is 376 g/mol. The van der Waals surface area contributed by atoms with Gasteiger partial charge in [-0.25, -0.2) is 9.07 Å². The molecule has 0 aliphatic carbocycles. The minimum atomic E-state index is -0.309. The van der Waals surface area contributed by atoms with Gasteiger partial charge in [0.1, 0.15) is 18.2 Å². The number of hydrogen-bond acceptors (Lipinski definition) is 4. The van der Waals surface area contributed by atoms with Gasteiger partial charge in [-0.05, 0) is 24.1 Å². The molecule has 26 heavy (non-hydrogen) atoms. The molecule has 0 spiro atoms. The van der Waals surface area contributed by atoms with Crippen molar-refractivity contribution in [1.29, 1.82) is 0 Å². The Bertz CT molecular complexity index is 804. The van der Waals surface area contributed by atoms with Crippen LogP contribution in [-0.4, -0.2) is 21.6 Å². The maximum atomic E-state index is 12.9. The predicted octanol–water partition coefficient (Wildman–Crippen LogP) is 2.82. The second-order valence-electron chi connectivity index (χ2n) is 6.13. The quantitative estimate of drug-likeness (QED) is 0.779. The van der Waals surface area contributed by atoms with Crippen molar-refractivity contribution in [3.63, 3.8) is 0 Å². The summed E-state index contributed by atoms with van der Waals surface area (Å²) in [7, 11) is 0. The summed E-state index contributed by atoms with van der Waals surface area (Å²) in [6.45, 7) is 2.29. The number of carbonyl (C=O) groups excluding carboxylic acids is 2. The van der Waals surface area contributed by atoms with Gasteiger partial charge in [0.05, 0.1) is 5.69 Å². The summed E-state index contributed by atoms with van der Waals surface area (Å²) in [5, 5.41) is 10.2. The number of benzene rings is 1. The molecule has 1 aliphatic rings. The predicted molar refractivity (Wildman–Crippen MR) is 99.0 cm³/mol. The van der Waals surface area contributed by atoms with Gasteiger partial charge in [0.15, 0.2) is 0 Å². The Balaban J connectivity index is 1.65. The number of thioether (sulfide) groups is 1. The van der Waals surface area contributed by atoms with Gasteiger partial charge < -0.3 is 10.6 Å². The molecule has 2 N–H and O–H groups in total. The number of carbonyl (C=O) groups is 2. The normalized spacial score (nSPS) is 12.7. The van der Waals surface area contributed by atoms with Crippen LogP contribution in [0.1, 0.15) is 36.6 Å². The fourth-order valence-electron chi connectivity index (χ4n) is 2.74. The van der Waals surface area contributed by atoms with Crippen LogP contribution in [0.2, 0.25) is 0 Å². The van der Waals surface area contributed by atoms with Crippen molar-refractivity contribution in [2.24, 2.45) is 0 Å². The number of hydrogen-bond donors (Lipinski definition) is 2. The van der Waals surface area contributed by atoms with E-state index in [0.29, 0.717) is 18.8 Å². The van der Waals surface area contributed by atoms with E-state index in [-0.39, 0.29) is 24.2 Å². The molecular formula is C18H21FN4O2S. The standard InChI is InChI=1S/C18H21FN4O2S/c1-2-3-16(24)21-18-14-10-26-11-15(14)22-23(18)9-17(25)20-8-12-4-6-13(19)7-5-12/h4-7H,2-3,8-11H2,1H3,(H,20,25)(H,21,24). The Morgan fingerprint density at radius 3 is 2.73 bits per heavy atom. The zero-order valence-electron chi connectivity index (χ0n) is 14.5. The first kappa shape index (κ1) is 18.4.